The van der Waals surface area contributed by atoms with E-state index in [-0.39, 0.29) is 17.9 Å². The van der Waals surface area contributed by atoms with Gasteiger partial charge in [-0.2, -0.15) is 0 Å². The Hall–Kier alpha value is -1.79. The molecule has 172 valence electrons. The Morgan fingerprint density at radius 2 is 1.78 bits per heavy atom. The van der Waals surface area contributed by atoms with Crippen LogP contribution in [0.25, 0.3) is 0 Å². The summed E-state index contributed by atoms with van der Waals surface area (Å²) in [5.41, 5.74) is 3.39. The lowest BCUT2D eigenvalue weighted by Gasteiger charge is -2.31. The van der Waals surface area contributed by atoms with Gasteiger partial charge in [0.1, 0.15) is 6.04 Å². The number of hydrogen-bond acceptors (Lipinski definition) is 3. The lowest BCUT2D eigenvalue weighted by atomic mass is 9.95. The molecule has 0 aromatic heterocycles. The maximum absolute atomic E-state index is 13.3. The standard InChI is InChI=1S/C26H33BrN2O2S/c1-19-8-6-7-9-22(19)16-29(20(2)26(31)28-24-10-4-3-5-11-24)25(30)18-32-17-21-12-14-23(27)15-13-21/h6-9,12-15,20,24H,3-5,10-11,16-18H2,1-2H3,(H,28,31)/t20-/m0/s1. The van der Waals surface area contributed by atoms with Crippen LogP contribution in [0.3, 0.4) is 0 Å². The number of carbonyl (C=O) groups is 2. The molecule has 0 spiro atoms. The maximum Gasteiger partial charge on any atom is 0.242 e. The van der Waals surface area contributed by atoms with Crippen LogP contribution in [0.2, 0.25) is 0 Å². The van der Waals surface area contributed by atoms with Gasteiger partial charge in [0, 0.05) is 22.8 Å². The van der Waals surface area contributed by atoms with Gasteiger partial charge in [-0.3, -0.25) is 9.59 Å². The molecule has 1 aliphatic rings. The number of hydrogen-bond donors (Lipinski definition) is 1. The summed E-state index contributed by atoms with van der Waals surface area (Å²) in [6.45, 7) is 4.35. The topological polar surface area (TPSA) is 49.4 Å². The minimum atomic E-state index is -0.502. The quantitative estimate of drug-likeness (QED) is 0.454. The second-order valence-corrected chi connectivity index (χ2v) is 10.5. The van der Waals surface area contributed by atoms with Crippen molar-refractivity contribution < 1.29 is 9.59 Å². The molecule has 6 heteroatoms. The van der Waals surface area contributed by atoms with Crippen LogP contribution in [0.5, 0.6) is 0 Å². The highest BCUT2D eigenvalue weighted by Gasteiger charge is 2.28. The number of halogens is 1. The van der Waals surface area contributed by atoms with E-state index in [2.05, 4.69) is 33.4 Å². The first kappa shape index (κ1) is 24.8. The molecule has 32 heavy (non-hydrogen) atoms. The monoisotopic (exact) mass is 516 g/mol. The summed E-state index contributed by atoms with van der Waals surface area (Å²) in [5, 5.41) is 3.20. The van der Waals surface area contributed by atoms with E-state index in [0.29, 0.717) is 12.3 Å². The normalized spacial score (nSPS) is 15.2. The Kier molecular flexibility index (Phi) is 9.67. The highest BCUT2D eigenvalue weighted by molar-refractivity contribution is 9.10. The van der Waals surface area contributed by atoms with Gasteiger partial charge >= 0.3 is 0 Å². The Labute approximate surface area is 204 Å². The van der Waals surface area contributed by atoms with Gasteiger partial charge in [0.25, 0.3) is 0 Å². The summed E-state index contributed by atoms with van der Waals surface area (Å²) >= 11 is 5.04. The molecule has 2 amide bonds. The molecule has 1 aliphatic carbocycles. The smallest absolute Gasteiger partial charge is 0.242 e. The highest BCUT2D eigenvalue weighted by Crippen LogP contribution is 2.20. The number of amides is 2. The van der Waals surface area contributed by atoms with Gasteiger partial charge in [-0.25, -0.2) is 0 Å². The summed E-state index contributed by atoms with van der Waals surface area (Å²) in [7, 11) is 0. The Bertz CT molecular complexity index is 897. The summed E-state index contributed by atoms with van der Waals surface area (Å²) in [6.07, 6.45) is 5.64. The summed E-state index contributed by atoms with van der Waals surface area (Å²) in [4.78, 5) is 28.0. The predicted octanol–water partition coefficient (Wildman–Crippen LogP) is 5.86. The summed E-state index contributed by atoms with van der Waals surface area (Å²) in [5.74, 6) is 1.07. The van der Waals surface area contributed by atoms with Crippen molar-refractivity contribution in [3.63, 3.8) is 0 Å². The molecule has 2 aromatic rings. The van der Waals surface area contributed by atoms with E-state index in [4.69, 9.17) is 0 Å². The predicted molar refractivity (Wildman–Crippen MR) is 137 cm³/mol. The van der Waals surface area contributed by atoms with E-state index >= 15 is 0 Å². The average Bonchev–Trinajstić information content (AvgIpc) is 2.80. The number of thioether (sulfide) groups is 1. The van der Waals surface area contributed by atoms with Crippen molar-refractivity contribution in [1.29, 1.82) is 0 Å². The number of rotatable bonds is 9. The van der Waals surface area contributed by atoms with Gasteiger partial charge in [0.05, 0.1) is 5.75 Å². The van der Waals surface area contributed by atoms with Crippen molar-refractivity contribution in [3.8, 4) is 0 Å². The van der Waals surface area contributed by atoms with Crippen LogP contribution in [0.1, 0.15) is 55.7 Å². The van der Waals surface area contributed by atoms with Gasteiger partial charge in [-0.15, -0.1) is 11.8 Å². The molecule has 0 bridgehead atoms. The third kappa shape index (κ3) is 7.38. The van der Waals surface area contributed by atoms with Crippen molar-refractivity contribution in [1.82, 2.24) is 10.2 Å². The molecular weight excluding hydrogens is 484 g/mol. The number of aryl methyl sites for hydroxylation is 1. The molecule has 4 nitrogen and oxygen atoms in total. The molecule has 3 rings (SSSR count). The molecule has 1 N–H and O–H groups in total. The van der Waals surface area contributed by atoms with Crippen LogP contribution in [0.4, 0.5) is 0 Å². The molecule has 2 aromatic carbocycles. The fraction of sp³-hybridized carbons (Fsp3) is 0.462. The Morgan fingerprint density at radius 3 is 2.47 bits per heavy atom. The van der Waals surface area contributed by atoms with E-state index in [1.807, 2.05) is 50.2 Å². The SMILES string of the molecule is Cc1ccccc1CN(C(=O)CSCc1ccc(Br)cc1)[C@@H](C)C(=O)NC1CCCCC1. The third-order valence-electron chi connectivity index (χ3n) is 6.13. The van der Waals surface area contributed by atoms with E-state index in [9.17, 15) is 9.59 Å². The fourth-order valence-corrected chi connectivity index (χ4v) is 5.18. The number of nitrogens with zero attached hydrogens (tertiary/aromatic N) is 1. The average molecular weight is 518 g/mol. The molecule has 1 saturated carbocycles. The third-order valence-corrected chi connectivity index (χ3v) is 7.65. The van der Waals surface area contributed by atoms with Crippen molar-refractivity contribution in [3.05, 3.63) is 69.7 Å². The molecule has 0 aliphatic heterocycles. The molecular formula is C26H33BrN2O2S. The van der Waals surface area contributed by atoms with Crippen LogP contribution >= 0.6 is 27.7 Å². The number of nitrogens with one attached hydrogen (secondary N) is 1. The minimum Gasteiger partial charge on any atom is -0.352 e. The lowest BCUT2D eigenvalue weighted by Crippen LogP contribution is -2.50. The zero-order valence-corrected chi connectivity index (χ0v) is 21.4. The van der Waals surface area contributed by atoms with Gasteiger partial charge in [-0.1, -0.05) is 71.6 Å². The van der Waals surface area contributed by atoms with Crippen molar-refractivity contribution in [2.24, 2.45) is 0 Å². The van der Waals surface area contributed by atoms with Crippen molar-refractivity contribution in [2.75, 3.05) is 5.75 Å². The van der Waals surface area contributed by atoms with E-state index < -0.39 is 6.04 Å². The largest absolute Gasteiger partial charge is 0.352 e. The summed E-state index contributed by atoms with van der Waals surface area (Å²) in [6, 6.07) is 16.0. The van der Waals surface area contributed by atoms with Gasteiger partial charge < -0.3 is 10.2 Å². The first-order valence-electron chi connectivity index (χ1n) is 11.4. The molecule has 0 unspecified atom stereocenters. The van der Waals surface area contributed by atoms with Gasteiger partial charge in [0.15, 0.2) is 0 Å². The fourth-order valence-electron chi connectivity index (χ4n) is 4.04. The minimum absolute atomic E-state index is 0.00154. The Balaban J connectivity index is 1.65. The molecule has 1 fully saturated rings. The van der Waals surface area contributed by atoms with Crippen LogP contribution in [0.15, 0.2) is 53.0 Å². The number of benzene rings is 2. The second kappa shape index (κ2) is 12.4. The van der Waals surface area contributed by atoms with Crippen LogP contribution in [-0.2, 0) is 21.9 Å². The van der Waals surface area contributed by atoms with E-state index in [1.165, 1.54) is 12.0 Å². The highest BCUT2D eigenvalue weighted by atomic mass is 79.9. The van der Waals surface area contributed by atoms with Crippen LogP contribution in [-0.4, -0.2) is 34.6 Å². The maximum atomic E-state index is 13.3. The van der Waals surface area contributed by atoms with Gasteiger partial charge in [0.2, 0.25) is 11.8 Å². The molecule has 0 saturated heterocycles. The molecule has 0 heterocycles. The van der Waals surface area contributed by atoms with Crippen LogP contribution < -0.4 is 5.32 Å². The number of carbonyl (C=O) groups excluding carboxylic acids is 2. The van der Waals surface area contributed by atoms with Gasteiger partial charge in [-0.05, 0) is 55.5 Å². The first-order chi connectivity index (χ1) is 15.4. The second-order valence-electron chi connectivity index (χ2n) is 8.59. The zero-order chi connectivity index (χ0) is 22.9. The first-order valence-corrected chi connectivity index (χ1v) is 13.4. The lowest BCUT2D eigenvalue weighted by molar-refractivity contribution is -0.139. The molecule has 0 radical (unpaired) electrons. The van der Waals surface area contributed by atoms with E-state index in [1.54, 1.807) is 16.7 Å². The van der Waals surface area contributed by atoms with Crippen LogP contribution in [0, 0.1) is 6.92 Å². The Morgan fingerprint density at radius 1 is 1.09 bits per heavy atom. The van der Waals surface area contributed by atoms with Crippen molar-refractivity contribution >= 4 is 39.5 Å². The summed E-state index contributed by atoms with van der Waals surface area (Å²) < 4.78 is 1.05. The molecule has 1 atom stereocenters. The van der Waals surface area contributed by atoms with Crippen molar-refractivity contribution in [2.45, 2.75) is 70.3 Å². The van der Waals surface area contributed by atoms with E-state index in [0.717, 1.165) is 47.0 Å². The zero-order valence-electron chi connectivity index (χ0n) is 19.0.